The van der Waals surface area contributed by atoms with Crippen LogP contribution in [0.4, 0.5) is 14.4 Å². The SMILES string of the molecule is O=C([O-])[O-].O=C([O-])[O-].O=C([O-])[O-].[Cr+2].[Cr+2]. The zero-order valence-corrected chi connectivity index (χ0v) is 8.54. The molecule has 9 nitrogen and oxygen atoms in total. The zero-order chi connectivity index (χ0) is 10.7. The van der Waals surface area contributed by atoms with E-state index in [0.29, 0.717) is 0 Å². The monoisotopic (exact) mass is 284 g/mol. The van der Waals surface area contributed by atoms with Crippen molar-refractivity contribution in [2.75, 3.05) is 0 Å². The van der Waals surface area contributed by atoms with Crippen LogP contribution in [-0.4, -0.2) is 18.5 Å². The van der Waals surface area contributed by atoms with Gasteiger partial charge in [0.1, 0.15) is 0 Å². The molecule has 0 aromatic carbocycles. The largest absolute Gasteiger partial charge is 2.00 e. The molecule has 0 heterocycles. The van der Waals surface area contributed by atoms with Gasteiger partial charge in [-0.05, 0) is 18.5 Å². The van der Waals surface area contributed by atoms with Crippen LogP contribution in [0.25, 0.3) is 0 Å². The van der Waals surface area contributed by atoms with Crippen molar-refractivity contribution in [2.45, 2.75) is 0 Å². The molecule has 0 rings (SSSR count). The molecule has 0 aromatic heterocycles. The molecule has 80 valence electrons. The molecule has 0 aromatic rings. The second-order valence-electron chi connectivity index (χ2n) is 0.750. The fourth-order valence-corrected chi connectivity index (χ4v) is 0. The molecule has 0 N–H and O–H groups in total. The Bertz CT molecular complexity index is 116. The van der Waals surface area contributed by atoms with Gasteiger partial charge in [-0.15, -0.1) is 0 Å². The van der Waals surface area contributed by atoms with Gasteiger partial charge in [0, 0.05) is 0 Å². The van der Waals surface area contributed by atoms with Crippen LogP contribution in [-0.2, 0) is 34.7 Å². The molecule has 0 fully saturated rings. The first-order valence-corrected chi connectivity index (χ1v) is 1.84. The van der Waals surface area contributed by atoms with Crippen LogP contribution in [0.2, 0.25) is 0 Å². The van der Waals surface area contributed by atoms with Gasteiger partial charge in [-0.25, -0.2) is 0 Å². The van der Waals surface area contributed by atoms with E-state index in [9.17, 15) is 0 Å². The van der Waals surface area contributed by atoms with E-state index >= 15 is 0 Å². The summed E-state index contributed by atoms with van der Waals surface area (Å²) in [7, 11) is 0. The second-order valence-corrected chi connectivity index (χ2v) is 0.750. The van der Waals surface area contributed by atoms with Crippen LogP contribution >= 0.6 is 0 Å². The van der Waals surface area contributed by atoms with Crippen LogP contribution in [0.1, 0.15) is 0 Å². The van der Waals surface area contributed by atoms with E-state index in [1.165, 1.54) is 0 Å². The molecule has 0 aliphatic carbocycles. The van der Waals surface area contributed by atoms with Gasteiger partial charge in [-0.1, -0.05) is 0 Å². The third-order valence-corrected chi connectivity index (χ3v) is 0. The predicted octanol–water partition coefficient (Wildman–Crippen LogP) is -7.35. The van der Waals surface area contributed by atoms with Gasteiger partial charge in [0.25, 0.3) is 0 Å². The molecule has 14 heavy (non-hydrogen) atoms. The number of carbonyl (C=O) groups excluding carboxylic acids is 3. The minimum absolute atomic E-state index is 0. The second kappa shape index (κ2) is 22.6. The Morgan fingerprint density at radius 3 is 0.500 bits per heavy atom. The number of rotatable bonds is 0. The molecule has 11 heteroatoms. The van der Waals surface area contributed by atoms with Crippen molar-refractivity contribution in [1.82, 2.24) is 0 Å². The number of carboxylic acid groups (broad SMARTS) is 6. The van der Waals surface area contributed by atoms with E-state index in [0.717, 1.165) is 0 Å². The molecule has 0 unspecified atom stereocenters. The first-order chi connectivity index (χ1) is 5.20. The summed E-state index contributed by atoms with van der Waals surface area (Å²) in [5.74, 6) is 0. The van der Waals surface area contributed by atoms with Crippen molar-refractivity contribution in [3.63, 3.8) is 0 Å². The molecule has 0 bridgehead atoms. The van der Waals surface area contributed by atoms with Gasteiger partial charge >= 0.3 is 34.7 Å². The van der Waals surface area contributed by atoms with Crippen LogP contribution < -0.4 is 30.6 Å². The molecule has 0 radical (unpaired) electrons. The molecule has 0 saturated carbocycles. The number of hydrogen-bond acceptors (Lipinski definition) is 9. The third kappa shape index (κ3) is 838. The van der Waals surface area contributed by atoms with Crippen LogP contribution in [0.15, 0.2) is 0 Å². The Labute approximate surface area is 98.5 Å². The molecule has 0 saturated heterocycles. The third-order valence-electron chi connectivity index (χ3n) is 0. The van der Waals surface area contributed by atoms with Gasteiger partial charge < -0.3 is 45.0 Å². The predicted molar refractivity (Wildman–Crippen MR) is 16.2 cm³/mol. The van der Waals surface area contributed by atoms with Crippen molar-refractivity contribution < 1.29 is 79.7 Å². The molecule has 0 atom stereocenters. The van der Waals surface area contributed by atoms with Gasteiger partial charge in [0.2, 0.25) is 0 Å². The summed E-state index contributed by atoms with van der Waals surface area (Å²) in [5.41, 5.74) is 0. The average molecular weight is 284 g/mol. The Morgan fingerprint density at radius 1 is 0.500 bits per heavy atom. The topological polar surface area (TPSA) is 190 Å². The summed E-state index contributed by atoms with van der Waals surface area (Å²) in [6, 6.07) is 0. The minimum Gasteiger partial charge on any atom is -0.652 e. The molecular formula is C3Cr2O9-2. The molecule has 0 spiro atoms. The normalized spacial score (nSPS) is 5.14. The van der Waals surface area contributed by atoms with Crippen LogP contribution in [0.5, 0.6) is 0 Å². The van der Waals surface area contributed by atoms with Gasteiger partial charge in [-0.2, -0.15) is 0 Å². The van der Waals surface area contributed by atoms with Crippen molar-refractivity contribution >= 4 is 18.5 Å². The first-order valence-electron chi connectivity index (χ1n) is 1.84. The van der Waals surface area contributed by atoms with Crippen molar-refractivity contribution in [1.29, 1.82) is 0 Å². The maximum Gasteiger partial charge on any atom is 2.00 e. The Kier molecular flexibility index (Phi) is 47.4. The van der Waals surface area contributed by atoms with E-state index in [1.807, 2.05) is 0 Å². The molecule has 0 aliphatic rings. The zero-order valence-electron chi connectivity index (χ0n) is 5.99. The van der Waals surface area contributed by atoms with E-state index in [2.05, 4.69) is 0 Å². The summed E-state index contributed by atoms with van der Waals surface area (Å²) in [5, 5.41) is 50.0. The first kappa shape index (κ1) is 29.3. The Morgan fingerprint density at radius 2 is 0.500 bits per heavy atom. The maximum atomic E-state index is 8.33. The Balaban J connectivity index is -0.0000000270. The number of hydrogen-bond donors (Lipinski definition) is 0. The van der Waals surface area contributed by atoms with Crippen molar-refractivity contribution in [2.24, 2.45) is 0 Å². The summed E-state index contributed by atoms with van der Waals surface area (Å²) in [6.07, 6.45) is -7.00. The maximum absolute atomic E-state index is 8.33. The van der Waals surface area contributed by atoms with Gasteiger partial charge in [-0.3, -0.25) is 0 Å². The average Bonchev–Trinajstić information content (AvgIpc) is 1.54. The smallest absolute Gasteiger partial charge is 0.652 e. The summed E-state index contributed by atoms with van der Waals surface area (Å²) in [4.78, 5) is 25.0. The fourth-order valence-electron chi connectivity index (χ4n) is 0. The Hall–Kier alpha value is -1.13. The number of carbonyl (C=O) groups is 3. The van der Waals surface area contributed by atoms with E-state index < -0.39 is 18.5 Å². The summed E-state index contributed by atoms with van der Waals surface area (Å²) < 4.78 is 0. The molecular weight excluding hydrogens is 284 g/mol. The fraction of sp³-hybridized carbons (Fsp3) is 0. The van der Waals surface area contributed by atoms with Crippen molar-refractivity contribution in [3.05, 3.63) is 0 Å². The summed E-state index contributed by atoms with van der Waals surface area (Å²) >= 11 is 0. The van der Waals surface area contributed by atoms with Gasteiger partial charge in [0.15, 0.2) is 0 Å². The summed E-state index contributed by atoms with van der Waals surface area (Å²) in [6.45, 7) is 0. The van der Waals surface area contributed by atoms with E-state index in [4.69, 9.17) is 45.0 Å². The van der Waals surface area contributed by atoms with Crippen molar-refractivity contribution in [3.8, 4) is 0 Å². The van der Waals surface area contributed by atoms with Crippen LogP contribution in [0, 0.1) is 0 Å². The van der Waals surface area contributed by atoms with Gasteiger partial charge in [0.05, 0.1) is 0 Å². The standard InChI is InChI=1S/3CH2O3.2Cr/c3*2-1(3)4;;/h3*(H2,2,3,4);;/q;;;2*+2/p-6. The molecule has 0 amide bonds. The van der Waals surface area contributed by atoms with E-state index in [1.54, 1.807) is 0 Å². The molecule has 0 aliphatic heterocycles. The van der Waals surface area contributed by atoms with Crippen LogP contribution in [0.3, 0.4) is 0 Å². The van der Waals surface area contributed by atoms with E-state index in [-0.39, 0.29) is 34.7 Å². The quantitative estimate of drug-likeness (QED) is 0.415. The minimum atomic E-state index is -2.33.